The molecule has 0 spiro atoms. The van der Waals surface area contributed by atoms with Crippen LogP contribution in [0.2, 0.25) is 0 Å². The number of rotatable bonds is 5. The first-order valence-corrected chi connectivity index (χ1v) is 5.90. The van der Waals surface area contributed by atoms with E-state index in [1.54, 1.807) is 12.3 Å². The summed E-state index contributed by atoms with van der Waals surface area (Å²) in [6.07, 6.45) is 2.41. The topological polar surface area (TPSA) is 105 Å². The predicted octanol–water partition coefficient (Wildman–Crippen LogP) is 1.91. The lowest BCUT2D eigenvalue weighted by Gasteiger charge is -2.05. The fraction of sp³-hybridized carbons (Fsp3) is 0.154. The molecule has 0 aliphatic carbocycles. The van der Waals surface area contributed by atoms with E-state index in [0.717, 1.165) is 5.69 Å². The molecule has 100 valence electrons. The Hall–Kier alpha value is -3.01. The second-order valence-corrected chi connectivity index (χ2v) is 3.93. The molecule has 7 nitrogen and oxygen atoms in total. The molecule has 0 aromatic carbocycles. The molecule has 0 saturated heterocycles. The Morgan fingerprint density at radius 1 is 1.35 bits per heavy atom. The molecule has 2 aromatic heterocycles. The van der Waals surface area contributed by atoms with Gasteiger partial charge in [0, 0.05) is 30.9 Å². The van der Waals surface area contributed by atoms with Gasteiger partial charge in [-0.05, 0) is 18.2 Å². The number of nitro groups is 1. The molecule has 2 rings (SSSR count). The number of aromatic nitrogens is 2. The fourth-order valence-electron chi connectivity index (χ4n) is 1.64. The molecule has 0 aliphatic heterocycles. The molecule has 0 amide bonds. The van der Waals surface area contributed by atoms with Crippen LogP contribution in [0.15, 0.2) is 36.5 Å². The zero-order valence-electron chi connectivity index (χ0n) is 10.5. The number of anilines is 1. The molecule has 0 atom stereocenters. The third-order valence-corrected chi connectivity index (χ3v) is 2.59. The molecular weight excluding hydrogens is 258 g/mol. The van der Waals surface area contributed by atoms with Gasteiger partial charge in [-0.25, -0.2) is 4.98 Å². The number of nitriles is 1. The zero-order chi connectivity index (χ0) is 14.4. The highest BCUT2D eigenvalue weighted by Crippen LogP contribution is 2.17. The van der Waals surface area contributed by atoms with Crippen LogP contribution in [0.25, 0.3) is 0 Å². The van der Waals surface area contributed by atoms with Gasteiger partial charge in [-0.2, -0.15) is 5.26 Å². The van der Waals surface area contributed by atoms with Gasteiger partial charge < -0.3 is 5.32 Å². The highest BCUT2D eigenvalue weighted by Gasteiger charge is 2.15. The van der Waals surface area contributed by atoms with Crippen molar-refractivity contribution in [3.05, 3.63) is 58.0 Å². The summed E-state index contributed by atoms with van der Waals surface area (Å²) in [5.41, 5.74) is 0.447. The quantitative estimate of drug-likeness (QED) is 0.656. The van der Waals surface area contributed by atoms with Crippen LogP contribution >= 0.6 is 0 Å². The van der Waals surface area contributed by atoms with Crippen molar-refractivity contribution in [2.75, 3.05) is 11.9 Å². The van der Waals surface area contributed by atoms with Gasteiger partial charge in [0.25, 0.3) is 0 Å². The van der Waals surface area contributed by atoms with Gasteiger partial charge in [0.1, 0.15) is 11.9 Å². The van der Waals surface area contributed by atoms with E-state index in [-0.39, 0.29) is 11.4 Å². The van der Waals surface area contributed by atoms with Gasteiger partial charge in [-0.1, -0.05) is 6.07 Å². The zero-order valence-corrected chi connectivity index (χ0v) is 10.5. The summed E-state index contributed by atoms with van der Waals surface area (Å²) < 4.78 is 0. The van der Waals surface area contributed by atoms with Crippen molar-refractivity contribution >= 4 is 11.5 Å². The fourth-order valence-corrected chi connectivity index (χ4v) is 1.64. The summed E-state index contributed by atoms with van der Waals surface area (Å²) in [5, 5.41) is 22.5. The van der Waals surface area contributed by atoms with E-state index in [1.807, 2.05) is 18.2 Å². The van der Waals surface area contributed by atoms with E-state index in [4.69, 9.17) is 5.26 Å². The van der Waals surface area contributed by atoms with Crippen molar-refractivity contribution in [1.29, 1.82) is 5.26 Å². The maximum atomic E-state index is 10.7. The molecule has 0 unspecified atom stereocenters. The first-order chi connectivity index (χ1) is 9.70. The van der Waals surface area contributed by atoms with Gasteiger partial charge in [0.2, 0.25) is 5.69 Å². The number of hydrogen-bond donors (Lipinski definition) is 1. The summed E-state index contributed by atoms with van der Waals surface area (Å²) in [6.45, 7) is 0.576. The second kappa shape index (κ2) is 6.24. The first kappa shape index (κ1) is 13.4. The lowest BCUT2D eigenvalue weighted by atomic mass is 10.2. The second-order valence-electron chi connectivity index (χ2n) is 3.93. The Balaban J connectivity index is 2.00. The van der Waals surface area contributed by atoms with Crippen molar-refractivity contribution in [1.82, 2.24) is 9.97 Å². The Kier molecular flexibility index (Phi) is 4.19. The van der Waals surface area contributed by atoms with Crippen LogP contribution in [0.3, 0.4) is 0 Å². The van der Waals surface area contributed by atoms with E-state index in [9.17, 15) is 10.1 Å². The maximum absolute atomic E-state index is 10.7. The SMILES string of the molecule is N#Cc1nc(NCCc2ccccn2)ccc1[N+](=O)[O-]. The number of nitrogens with one attached hydrogen (secondary N) is 1. The van der Waals surface area contributed by atoms with Crippen molar-refractivity contribution in [3.63, 3.8) is 0 Å². The van der Waals surface area contributed by atoms with E-state index in [1.165, 1.54) is 12.1 Å². The molecule has 2 aromatic rings. The van der Waals surface area contributed by atoms with Gasteiger partial charge in [-0.3, -0.25) is 15.1 Å². The van der Waals surface area contributed by atoms with Crippen LogP contribution in [0, 0.1) is 21.4 Å². The van der Waals surface area contributed by atoms with Crippen molar-refractivity contribution < 1.29 is 4.92 Å². The molecule has 1 N–H and O–H groups in total. The molecule has 2 heterocycles. The summed E-state index contributed by atoms with van der Waals surface area (Å²) in [7, 11) is 0. The Bertz CT molecular complexity index is 652. The van der Waals surface area contributed by atoms with Crippen LogP contribution in [-0.4, -0.2) is 21.4 Å². The van der Waals surface area contributed by atoms with E-state index < -0.39 is 4.92 Å². The lowest BCUT2D eigenvalue weighted by molar-refractivity contribution is -0.385. The third kappa shape index (κ3) is 3.26. The molecule has 20 heavy (non-hydrogen) atoms. The number of nitrogens with zero attached hydrogens (tertiary/aromatic N) is 4. The first-order valence-electron chi connectivity index (χ1n) is 5.90. The maximum Gasteiger partial charge on any atom is 0.305 e. The molecule has 0 aliphatic rings. The third-order valence-electron chi connectivity index (χ3n) is 2.59. The number of hydrogen-bond acceptors (Lipinski definition) is 6. The summed E-state index contributed by atoms with van der Waals surface area (Å²) >= 11 is 0. The minimum Gasteiger partial charge on any atom is -0.370 e. The van der Waals surface area contributed by atoms with Crippen LogP contribution in [0.5, 0.6) is 0 Å². The Morgan fingerprint density at radius 3 is 2.85 bits per heavy atom. The average molecular weight is 269 g/mol. The highest BCUT2D eigenvalue weighted by molar-refractivity contribution is 5.50. The van der Waals surface area contributed by atoms with Crippen LogP contribution in [0.4, 0.5) is 11.5 Å². The Morgan fingerprint density at radius 2 is 2.20 bits per heavy atom. The normalized spacial score (nSPS) is 9.75. The van der Waals surface area contributed by atoms with Crippen molar-refractivity contribution in [2.45, 2.75) is 6.42 Å². The molecule has 7 heteroatoms. The average Bonchev–Trinajstić information content (AvgIpc) is 2.48. The van der Waals surface area contributed by atoms with E-state index in [0.29, 0.717) is 18.8 Å². The van der Waals surface area contributed by atoms with Gasteiger partial charge in [0.15, 0.2) is 0 Å². The van der Waals surface area contributed by atoms with Crippen molar-refractivity contribution in [2.24, 2.45) is 0 Å². The van der Waals surface area contributed by atoms with Crippen LogP contribution in [-0.2, 0) is 6.42 Å². The largest absolute Gasteiger partial charge is 0.370 e. The van der Waals surface area contributed by atoms with E-state index >= 15 is 0 Å². The van der Waals surface area contributed by atoms with Crippen LogP contribution < -0.4 is 5.32 Å². The summed E-state index contributed by atoms with van der Waals surface area (Å²) in [5.74, 6) is 0.433. The van der Waals surface area contributed by atoms with Crippen molar-refractivity contribution in [3.8, 4) is 6.07 Å². The van der Waals surface area contributed by atoms with Gasteiger partial charge in [-0.15, -0.1) is 0 Å². The standard InChI is InChI=1S/C13H11N5O2/c14-9-11-12(18(19)20)4-5-13(17-11)16-8-6-10-3-1-2-7-15-10/h1-5,7H,6,8H2,(H,16,17). The minimum absolute atomic E-state index is 0.196. The van der Waals surface area contributed by atoms with Crippen LogP contribution in [0.1, 0.15) is 11.4 Å². The van der Waals surface area contributed by atoms with Gasteiger partial charge >= 0.3 is 5.69 Å². The highest BCUT2D eigenvalue weighted by atomic mass is 16.6. The Labute approximate surface area is 115 Å². The molecular formula is C13H11N5O2. The van der Waals surface area contributed by atoms with Gasteiger partial charge in [0.05, 0.1) is 4.92 Å². The predicted molar refractivity (Wildman–Crippen MR) is 72.0 cm³/mol. The smallest absolute Gasteiger partial charge is 0.305 e. The summed E-state index contributed by atoms with van der Waals surface area (Å²) in [4.78, 5) is 18.1. The molecule has 0 radical (unpaired) electrons. The lowest BCUT2D eigenvalue weighted by Crippen LogP contribution is -2.08. The monoisotopic (exact) mass is 269 g/mol. The van der Waals surface area contributed by atoms with E-state index in [2.05, 4.69) is 15.3 Å². The minimum atomic E-state index is -0.622. The summed E-state index contributed by atoms with van der Waals surface area (Å²) in [6, 6.07) is 10.1. The molecule has 0 fully saturated rings. The molecule has 0 bridgehead atoms. The number of pyridine rings is 2. The molecule has 0 saturated carbocycles.